The lowest BCUT2D eigenvalue weighted by atomic mass is 10.3. The molecule has 1 aromatic heterocycles. The first kappa shape index (κ1) is 10.1. The lowest BCUT2D eigenvalue weighted by Crippen LogP contribution is -2.01. The van der Waals surface area contributed by atoms with Crippen LogP contribution in [0.25, 0.3) is 0 Å². The quantitative estimate of drug-likeness (QED) is 0.704. The second-order valence-electron chi connectivity index (χ2n) is 3.05. The highest BCUT2D eigenvalue weighted by Crippen LogP contribution is 2.21. The summed E-state index contributed by atoms with van der Waals surface area (Å²) in [5, 5.41) is 12.8. The molecular weight excluding hydrogens is 168 g/mol. The molecule has 4 heteroatoms. The van der Waals surface area contributed by atoms with Crippen LogP contribution in [-0.2, 0) is 7.05 Å². The van der Waals surface area contributed by atoms with E-state index in [0.717, 1.165) is 17.1 Å². The predicted octanol–water partition coefficient (Wildman–Crippen LogP) is 0.798. The zero-order chi connectivity index (χ0) is 9.84. The Morgan fingerprint density at radius 3 is 2.62 bits per heavy atom. The molecule has 0 bridgehead atoms. The van der Waals surface area contributed by atoms with Gasteiger partial charge < -0.3 is 9.84 Å². The maximum Gasteiger partial charge on any atom is 0.162 e. The lowest BCUT2D eigenvalue weighted by Gasteiger charge is -2.04. The highest BCUT2D eigenvalue weighted by Gasteiger charge is 2.09. The topological polar surface area (TPSA) is 47.3 Å². The molecule has 0 aromatic carbocycles. The van der Waals surface area contributed by atoms with E-state index in [9.17, 15) is 0 Å². The molecule has 0 aliphatic heterocycles. The summed E-state index contributed by atoms with van der Waals surface area (Å²) in [6.45, 7) is 4.60. The molecule has 0 aliphatic carbocycles. The van der Waals surface area contributed by atoms with Gasteiger partial charge in [-0.1, -0.05) is 0 Å². The van der Waals surface area contributed by atoms with Crippen molar-refractivity contribution in [3.63, 3.8) is 0 Å². The van der Waals surface area contributed by atoms with Gasteiger partial charge in [0, 0.05) is 20.1 Å². The third kappa shape index (κ3) is 2.21. The van der Waals surface area contributed by atoms with Crippen LogP contribution in [0.1, 0.15) is 17.8 Å². The number of nitrogens with zero attached hydrogens (tertiary/aromatic N) is 2. The van der Waals surface area contributed by atoms with Crippen LogP contribution in [0.2, 0.25) is 0 Å². The van der Waals surface area contributed by atoms with Gasteiger partial charge in [-0.05, 0) is 13.8 Å². The zero-order valence-electron chi connectivity index (χ0n) is 8.37. The van der Waals surface area contributed by atoms with Crippen molar-refractivity contribution in [1.82, 2.24) is 9.78 Å². The smallest absolute Gasteiger partial charge is 0.162 e. The molecule has 0 saturated heterocycles. The number of aliphatic hydroxyl groups excluding tert-OH is 1. The Morgan fingerprint density at radius 1 is 1.46 bits per heavy atom. The minimum Gasteiger partial charge on any atom is -0.490 e. The molecule has 4 nitrogen and oxygen atoms in total. The molecule has 13 heavy (non-hydrogen) atoms. The van der Waals surface area contributed by atoms with E-state index in [2.05, 4.69) is 5.10 Å². The van der Waals surface area contributed by atoms with E-state index in [-0.39, 0.29) is 6.61 Å². The molecule has 74 valence electrons. The number of hydrogen-bond donors (Lipinski definition) is 1. The summed E-state index contributed by atoms with van der Waals surface area (Å²) < 4.78 is 7.28. The van der Waals surface area contributed by atoms with Gasteiger partial charge in [-0.3, -0.25) is 4.68 Å². The van der Waals surface area contributed by atoms with E-state index < -0.39 is 0 Å². The van der Waals surface area contributed by atoms with Gasteiger partial charge in [-0.15, -0.1) is 0 Å². The van der Waals surface area contributed by atoms with Gasteiger partial charge in [0.1, 0.15) is 5.69 Å². The van der Waals surface area contributed by atoms with Crippen LogP contribution >= 0.6 is 0 Å². The van der Waals surface area contributed by atoms with Gasteiger partial charge in [0.2, 0.25) is 0 Å². The lowest BCUT2D eigenvalue weighted by molar-refractivity contribution is 0.232. The van der Waals surface area contributed by atoms with Crippen molar-refractivity contribution in [3.8, 4) is 5.75 Å². The standard InChI is InChI=1S/C9H16N2O2/c1-7-9(13-6-4-5-12)8(2)11(3)10-7/h12H,4-6H2,1-3H3. The Kier molecular flexibility index (Phi) is 3.31. The van der Waals surface area contributed by atoms with Gasteiger partial charge in [0.05, 0.1) is 12.3 Å². The molecule has 0 amide bonds. The predicted molar refractivity (Wildman–Crippen MR) is 49.9 cm³/mol. The van der Waals surface area contributed by atoms with E-state index >= 15 is 0 Å². The summed E-state index contributed by atoms with van der Waals surface area (Å²) in [4.78, 5) is 0. The molecule has 0 unspecified atom stereocenters. The van der Waals surface area contributed by atoms with E-state index in [4.69, 9.17) is 9.84 Å². The Hall–Kier alpha value is -1.03. The largest absolute Gasteiger partial charge is 0.490 e. The van der Waals surface area contributed by atoms with Crippen molar-refractivity contribution in [2.45, 2.75) is 20.3 Å². The molecule has 1 N–H and O–H groups in total. The molecule has 0 spiro atoms. The van der Waals surface area contributed by atoms with Crippen molar-refractivity contribution in [1.29, 1.82) is 0 Å². The van der Waals surface area contributed by atoms with E-state index in [1.54, 1.807) is 4.68 Å². The normalized spacial score (nSPS) is 10.5. The number of aryl methyl sites for hydroxylation is 2. The molecular formula is C9H16N2O2. The van der Waals surface area contributed by atoms with Gasteiger partial charge in [-0.2, -0.15) is 5.10 Å². The molecule has 0 radical (unpaired) electrons. The van der Waals surface area contributed by atoms with Crippen molar-refractivity contribution in [3.05, 3.63) is 11.4 Å². The minimum absolute atomic E-state index is 0.165. The van der Waals surface area contributed by atoms with Crippen LogP contribution in [0.3, 0.4) is 0 Å². The molecule has 0 fully saturated rings. The first-order chi connectivity index (χ1) is 6.16. The Morgan fingerprint density at radius 2 is 2.15 bits per heavy atom. The molecule has 1 aromatic rings. The third-order valence-electron chi connectivity index (χ3n) is 1.99. The van der Waals surface area contributed by atoms with Crippen LogP contribution in [0, 0.1) is 13.8 Å². The second-order valence-corrected chi connectivity index (χ2v) is 3.05. The number of rotatable bonds is 4. The number of aliphatic hydroxyl groups is 1. The van der Waals surface area contributed by atoms with Crippen molar-refractivity contribution in [2.75, 3.05) is 13.2 Å². The molecule has 1 rings (SSSR count). The fraction of sp³-hybridized carbons (Fsp3) is 0.667. The molecule has 0 atom stereocenters. The van der Waals surface area contributed by atoms with Gasteiger partial charge in [-0.25, -0.2) is 0 Å². The molecule has 1 heterocycles. The minimum atomic E-state index is 0.165. The van der Waals surface area contributed by atoms with Crippen LogP contribution in [0.4, 0.5) is 0 Å². The van der Waals surface area contributed by atoms with Gasteiger partial charge in [0.15, 0.2) is 5.75 Å². The summed E-state index contributed by atoms with van der Waals surface area (Å²) in [6.07, 6.45) is 0.660. The summed E-state index contributed by atoms with van der Waals surface area (Å²) in [5.74, 6) is 0.843. The maximum atomic E-state index is 8.59. The molecule has 0 aliphatic rings. The Balaban J connectivity index is 2.64. The summed E-state index contributed by atoms with van der Waals surface area (Å²) >= 11 is 0. The van der Waals surface area contributed by atoms with E-state index in [1.807, 2.05) is 20.9 Å². The third-order valence-corrected chi connectivity index (χ3v) is 1.99. The van der Waals surface area contributed by atoms with Crippen LogP contribution in [0.5, 0.6) is 5.75 Å². The summed E-state index contributed by atoms with van der Waals surface area (Å²) in [5.41, 5.74) is 1.92. The highest BCUT2D eigenvalue weighted by atomic mass is 16.5. The number of ether oxygens (including phenoxy) is 1. The zero-order valence-corrected chi connectivity index (χ0v) is 8.37. The molecule has 0 saturated carbocycles. The van der Waals surface area contributed by atoms with E-state index in [1.165, 1.54) is 0 Å². The van der Waals surface area contributed by atoms with Gasteiger partial charge >= 0.3 is 0 Å². The van der Waals surface area contributed by atoms with Crippen LogP contribution in [0.15, 0.2) is 0 Å². The van der Waals surface area contributed by atoms with Crippen molar-refractivity contribution >= 4 is 0 Å². The Labute approximate surface area is 78.1 Å². The Bertz CT molecular complexity index is 281. The first-order valence-electron chi connectivity index (χ1n) is 4.40. The monoisotopic (exact) mass is 184 g/mol. The van der Waals surface area contributed by atoms with E-state index in [0.29, 0.717) is 13.0 Å². The highest BCUT2D eigenvalue weighted by molar-refractivity contribution is 5.31. The SMILES string of the molecule is Cc1nn(C)c(C)c1OCCCO. The van der Waals surface area contributed by atoms with Crippen molar-refractivity contribution in [2.24, 2.45) is 7.05 Å². The summed E-state index contributed by atoms with van der Waals surface area (Å²) in [7, 11) is 1.89. The average Bonchev–Trinajstić information content (AvgIpc) is 2.32. The summed E-state index contributed by atoms with van der Waals surface area (Å²) in [6, 6.07) is 0. The fourth-order valence-corrected chi connectivity index (χ4v) is 1.20. The second kappa shape index (κ2) is 4.28. The van der Waals surface area contributed by atoms with Crippen LogP contribution < -0.4 is 4.74 Å². The first-order valence-corrected chi connectivity index (χ1v) is 4.40. The maximum absolute atomic E-state index is 8.59. The van der Waals surface area contributed by atoms with Crippen molar-refractivity contribution < 1.29 is 9.84 Å². The van der Waals surface area contributed by atoms with Crippen LogP contribution in [-0.4, -0.2) is 28.1 Å². The number of aromatic nitrogens is 2. The average molecular weight is 184 g/mol. The fourth-order valence-electron chi connectivity index (χ4n) is 1.20. The van der Waals surface area contributed by atoms with Gasteiger partial charge in [0.25, 0.3) is 0 Å². The number of hydrogen-bond acceptors (Lipinski definition) is 3.